The highest BCUT2D eigenvalue weighted by Gasteiger charge is 2.07. The molecule has 0 spiro atoms. The molecule has 0 saturated heterocycles. The van der Waals surface area contributed by atoms with Crippen LogP contribution < -0.4 is 10.6 Å². The number of amides is 2. The molecule has 8 heteroatoms. The highest BCUT2D eigenvalue weighted by Crippen LogP contribution is 2.25. The van der Waals surface area contributed by atoms with Crippen LogP contribution >= 0.6 is 34.5 Å². The van der Waals surface area contributed by atoms with Crippen molar-refractivity contribution in [3.63, 3.8) is 0 Å². The van der Waals surface area contributed by atoms with Crippen LogP contribution in [0.3, 0.4) is 0 Å². The summed E-state index contributed by atoms with van der Waals surface area (Å²) in [5.74, 6) is -0.371. The lowest BCUT2D eigenvalue weighted by atomic mass is 10.1. The van der Waals surface area contributed by atoms with Gasteiger partial charge < -0.3 is 5.32 Å². The molecular formula is C21H17Cl2N3O2S. The van der Waals surface area contributed by atoms with E-state index in [2.05, 4.69) is 15.6 Å². The molecule has 2 N–H and O–H groups in total. The number of hydrogen-bond acceptors (Lipinski definition) is 4. The lowest BCUT2D eigenvalue weighted by molar-refractivity contribution is -0.119. The molecule has 148 valence electrons. The molecule has 0 aliphatic carbocycles. The van der Waals surface area contributed by atoms with Gasteiger partial charge in [-0.1, -0.05) is 53.5 Å². The molecule has 2 amide bonds. The highest BCUT2D eigenvalue weighted by molar-refractivity contribution is 7.14. The standard InChI is InChI=1S/C21H17Cl2N3O2S/c1-13(27)24-11-14-2-4-16(5-3-14)19-12-29-21(25-19)26-20(28)9-7-15-6-8-17(22)10-18(15)23/h2-10,12H,11H2,1H3,(H,24,27)(H,25,26,28)/b9-7+. The van der Waals surface area contributed by atoms with Gasteiger partial charge in [-0.25, -0.2) is 4.98 Å². The van der Waals surface area contributed by atoms with Gasteiger partial charge in [0.1, 0.15) is 0 Å². The lowest BCUT2D eigenvalue weighted by Gasteiger charge is -2.03. The third-order valence-corrected chi connectivity index (χ3v) is 5.22. The van der Waals surface area contributed by atoms with E-state index in [9.17, 15) is 9.59 Å². The maximum Gasteiger partial charge on any atom is 0.250 e. The van der Waals surface area contributed by atoms with E-state index in [1.165, 1.54) is 24.3 Å². The fraction of sp³-hybridized carbons (Fsp3) is 0.0952. The van der Waals surface area contributed by atoms with Crippen molar-refractivity contribution in [2.24, 2.45) is 0 Å². The SMILES string of the molecule is CC(=O)NCc1ccc(-c2csc(NC(=O)/C=C/c3ccc(Cl)cc3Cl)n2)cc1. The lowest BCUT2D eigenvalue weighted by Crippen LogP contribution is -2.18. The maximum atomic E-state index is 12.1. The van der Waals surface area contributed by atoms with Crippen molar-refractivity contribution >= 4 is 57.6 Å². The third kappa shape index (κ3) is 6.15. The van der Waals surface area contributed by atoms with Gasteiger partial charge in [0.15, 0.2) is 5.13 Å². The minimum atomic E-state index is -0.303. The summed E-state index contributed by atoms with van der Waals surface area (Å²) in [5, 5.41) is 8.88. The zero-order valence-corrected chi connectivity index (χ0v) is 17.7. The Hall–Kier alpha value is -2.67. The van der Waals surface area contributed by atoms with E-state index < -0.39 is 0 Å². The van der Waals surface area contributed by atoms with Crippen molar-refractivity contribution in [1.82, 2.24) is 10.3 Å². The number of carbonyl (C=O) groups is 2. The summed E-state index contributed by atoms with van der Waals surface area (Å²) < 4.78 is 0. The van der Waals surface area contributed by atoms with Gasteiger partial charge in [-0.2, -0.15) is 0 Å². The molecule has 0 saturated carbocycles. The van der Waals surface area contributed by atoms with Crippen LogP contribution in [-0.4, -0.2) is 16.8 Å². The molecular weight excluding hydrogens is 429 g/mol. The Labute approximate surface area is 182 Å². The Bertz CT molecular complexity index is 1060. The zero-order chi connectivity index (χ0) is 20.8. The van der Waals surface area contributed by atoms with Crippen LogP contribution in [0.1, 0.15) is 18.1 Å². The number of aromatic nitrogens is 1. The van der Waals surface area contributed by atoms with Gasteiger partial charge in [-0.3, -0.25) is 14.9 Å². The van der Waals surface area contributed by atoms with Crippen molar-refractivity contribution in [3.8, 4) is 11.3 Å². The first kappa shape index (κ1) is 21.0. The number of halogens is 2. The molecule has 0 atom stereocenters. The van der Waals surface area contributed by atoms with Crippen molar-refractivity contribution in [1.29, 1.82) is 0 Å². The van der Waals surface area contributed by atoms with E-state index >= 15 is 0 Å². The first-order chi connectivity index (χ1) is 13.9. The number of thiazole rings is 1. The van der Waals surface area contributed by atoms with E-state index in [0.29, 0.717) is 27.3 Å². The van der Waals surface area contributed by atoms with Gasteiger partial charge >= 0.3 is 0 Å². The Morgan fingerprint density at radius 3 is 2.59 bits per heavy atom. The van der Waals surface area contributed by atoms with Crippen LogP contribution in [0, 0.1) is 0 Å². The van der Waals surface area contributed by atoms with Gasteiger partial charge in [-0.15, -0.1) is 11.3 Å². The molecule has 0 fully saturated rings. The largest absolute Gasteiger partial charge is 0.352 e. The number of nitrogens with zero attached hydrogens (tertiary/aromatic N) is 1. The van der Waals surface area contributed by atoms with Crippen LogP contribution in [0.4, 0.5) is 5.13 Å². The summed E-state index contributed by atoms with van der Waals surface area (Å²) in [6.45, 7) is 1.97. The number of nitrogens with one attached hydrogen (secondary N) is 2. The fourth-order valence-corrected chi connectivity index (χ4v) is 3.63. The van der Waals surface area contributed by atoms with E-state index in [-0.39, 0.29) is 11.8 Å². The Kier molecular flexibility index (Phi) is 7.04. The highest BCUT2D eigenvalue weighted by atomic mass is 35.5. The minimum Gasteiger partial charge on any atom is -0.352 e. The summed E-state index contributed by atoms with van der Waals surface area (Å²) >= 11 is 13.3. The Morgan fingerprint density at radius 1 is 1.14 bits per heavy atom. The van der Waals surface area contributed by atoms with Gasteiger partial charge in [0.2, 0.25) is 11.8 Å². The fourth-order valence-electron chi connectivity index (χ4n) is 2.43. The second-order valence-electron chi connectivity index (χ2n) is 6.13. The van der Waals surface area contributed by atoms with Crippen LogP contribution in [0.2, 0.25) is 10.0 Å². The molecule has 1 aromatic heterocycles. The smallest absolute Gasteiger partial charge is 0.250 e. The van der Waals surface area contributed by atoms with Crippen LogP contribution in [0.25, 0.3) is 17.3 Å². The number of benzene rings is 2. The van der Waals surface area contributed by atoms with Gasteiger partial charge in [-0.05, 0) is 29.3 Å². The second-order valence-corrected chi connectivity index (χ2v) is 7.83. The normalized spacial score (nSPS) is 10.9. The molecule has 5 nitrogen and oxygen atoms in total. The Balaban J connectivity index is 1.61. The molecule has 1 heterocycles. The molecule has 29 heavy (non-hydrogen) atoms. The topological polar surface area (TPSA) is 71.1 Å². The molecule has 3 aromatic rings. The molecule has 3 rings (SSSR count). The van der Waals surface area contributed by atoms with Crippen molar-refractivity contribution < 1.29 is 9.59 Å². The number of anilines is 1. The average molecular weight is 446 g/mol. The summed E-state index contributed by atoms with van der Waals surface area (Å²) in [6.07, 6.45) is 3.02. The zero-order valence-electron chi connectivity index (χ0n) is 15.4. The predicted molar refractivity (Wildman–Crippen MR) is 119 cm³/mol. The molecule has 2 aromatic carbocycles. The molecule has 0 aliphatic rings. The van der Waals surface area contributed by atoms with Crippen molar-refractivity contribution in [2.45, 2.75) is 13.5 Å². The van der Waals surface area contributed by atoms with Crippen LogP contribution in [0.5, 0.6) is 0 Å². The van der Waals surface area contributed by atoms with Gasteiger partial charge in [0, 0.05) is 40.5 Å². The van der Waals surface area contributed by atoms with E-state index in [4.69, 9.17) is 23.2 Å². The minimum absolute atomic E-state index is 0.0682. The van der Waals surface area contributed by atoms with Crippen LogP contribution in [-0.2, 0) is 16.1 Å². The van der Waals surface area contributed by atoms with Gasteiger partial charge in [0.25, 0.3) is 0 Å². The summed E-state index contributed by atoms with van der Waals surface area (Å²) in [6, 6.07) is 12.8. The van der Waals surface area contributed by atoms with Crippen molar-refractivity contribution in [3.05, 3.63) is 75.1 Å². The first-order valence-corrected chi connectivity index (χ1v) is 10.3. The van der Waals surface area contributed by atoms with Crippen LogP contribution in [0.15, 0.2) is 53.9 Å². The summed E-state index contributed by atoms with van der Waals surface area (Å²) in [7, 11) is 0. The molecule has 0 bridgehead atoms. The quantitative estimate of drug-likeness (QED) is 0.498. The number of carbonyl (C=O) groups excluding carboxylic acids is 2. The van der Waals surface area contributed by atoms with Gasteiger partial charge in [0.05, 0.1) is 5.69 Å². The molecule has 0 radical (unpaired) electrons. The second kappa shape index (κ2) is 9.69. The van der Waals surface area contributed by atoms with E-state index in [1.54, 1.807) is 24.3 Å². The maximum absolute atomic E-state index is 12.1. The Morgan fingerprint density at radius 2 is 1.90 bits per heavy atom. The van der Waals surface area contributed by atoms with E-state index in [1.807, 2.05) is 29.6 Å². The summed E-state index contributed by atoms with van der Waals surface area (Å²) in [5.41, 5.74) is 3.39. The third-order valence-electron chi connectivity index (χ3n) is 3.90. The van der Waals surface area contributed by atoms with E-state index in [0.717, 1.165) is 16.8 Å². The summed E-state index contributed by atoms with van der Waals surface area (Å²) in [4.78, 5) is 27.6. The first-order valence-electron chi connectivity index (χ1n) is 8.64. The monoisotopic (exact) mass is 445 g/mol. The number of hydrogen-bond donors (Lipinski definition) is 2. The molecule has 0 unspecified atom stereocenters. The predicted octanol–water partition coefficient (Wildman–Crippen LogP) is 5.40. The average Bonchev–Trinajstić information content (AvgIpc) is 3.14. The van der Waals surface area contributed by atoms with Crippen molar-refractivity contribution in [2.75, 3.05) is 5.32 Å². The molecule has 0 aliphatic heterocycles. The number of rotatable bonds is 6.